The molecule has 0 radical (unpaired) electrons. The molecule has 1 aromatic carbocycles. The lowest BCUT2D eigenvalue weighted by Crippen LogP contribution is -2.37. The van der Waals surface area contributed by atoms with E-state index in [1.165, 1.54) is 4.70 Å². The van der Waals surface area contributed by atoms with Gasteiger partial charge in [0.15, 0.2) is 6.54 Å². The monoisotopic (exact) mass is 272 g/mol. The summed E-state index contributed by atoms with van der Waals surface area (Å²) < 4.78 is 33.6. The highest BCUT2D eigenvalue weighted by atomic mass is 32.2. The van der Waals surface area contributed by atoms with Gasteiger partial charge < -0.3 is 0 Å². The average molecular weight is 272 g/mol. The van der Waals surface area contributed by atoms with Crippen LogP contribution >= 0.6 is 11.3 Å². The summed E-state index contributed by atoms with van der Waals surface area (Å²) >= 11 is 1.62. The second kappa shape index (κ2) is 4.72. The van der Waals surface area contributed by atoms with Gasteiger partial charge in [-0.25, -0.2) is 0 Å². The summed E-state index contributed by atoms with van der Waals surface area (Å²) in [6.45, 7) is 2.40. The van der Waals surface area contributed by atoms with Gasteiger partial charge in [0.2, 0.25) is 11.0 Å². The maximum Gasteiger partial charge on any atom is 0.265 e. The third-order valence-corrected chi connectivity index (χ3v) is 4.43. The van der Waals surface area contributed by atoms with Crippen LogP contribution in [0.2, 0.25) is 0 Å². The molecule has 1 atom stereocenters. The van der Waals surface area contributed by atoms with Crippen LogP contribution in [-0.4, -0.2) is 18.7 Å². The molecule has 0 fully saturated rings. The van der Waals surface area contributed by atoms with Crippen LogP contribution in [0.1, 0.15) is 6.92 Å². The minimum absolute atomic E-state index is 0.118. The van der Waals surface area contributed by atoms with Crippen LogP contribution in [0.15, 0.2) is 29.8 Å². The maximum atomic E-state index is 10.8. The standard InChI is InChI=1S/C11H13NO3S2/c1-9(7-17(13,14)15)6-12-8-16-11-5-3-2-4-10(11)12/h2-5,8-9H,6-7H2,1H3/p+1. The molecule has 0 spiro atoms. The Hall–Kier alpha value is -0.980. The van der Waals surface area contributed by atoms with E-state index < -0.39 is 10.1 Å². The van der Waals surface area contributed by atoms with Gasteiger partial charge in [-0.15, -0.1) is 0 Å². The van der Waals surface area contributed by atoms with Crippen molar-refractivity contribution in [1.29, 1.82) is 0 Å². The van der Waals surface area contributed by atoms with Gasteiger partial charge in [-0.1, -0.05) is 30.4 Å². The van der Waals surface area contributed by atoms with Crippen molar-refractivity contribution in [3.63, 3.8) is 0 Å². The van der Waals surface area contributed by atoms with E-state index in [0.29, 0.717) is 6.54 Å². The van der Waals surface area contributed by atoms with Crippen molar-refractivity contribution in [2.75, 3.05) is 5.75 Å². The summed E-state index contributed by atoms with van der Waals surface area (Å²) in [6, 6.07) is 7.97. The van der Waals surface area contributed by atoms with Gasteiger partial charge in [-0.05, 0) is 6.07 Å². The minimum Gasteiger partial charge on any atom is -0.286 e. The van der Waals surface area contributed by atoms with Gasteiger partial charge in [-0.2, -0.15) is 13.0 Å². The van der Waals surface area contributed by atoms with E-state index in [2.05, 4.69) is 0 Å². The fourth-order valence-electron chi connectivity index (χ4n) is 1.86. The van der Waals surface area contributed by atoms with E-state index in [-0.39, 0.29) is 11.7 Å². The Balaban J connectivity index is 2.19. The fraction of sp³-hybridized carbons (Fsp3) is 0.364. The van der Waals surface area contributed by atoms with E-state index in [4.69, 9.17) is 4.55 Å². The van der Waals surface area contributed by atoms with Crippen LogP contribution in [-0.2, 0) is 16.7 Å². The van der Waals surface area contributed by atoms with E-state index in [1.54, 1.807) is 11.3 Å². The third kappa shape index (κ3) is 3.24. The lowest BCUT2D eigenvalue weighted by Gasteiger charge is -2.04. The number of benzene rings is 1. The van der Waals surface area contributed by atoms with Crippen molar-refractivity contribution in [2.24, 2.45) is 5.92 Å². The molecule has 1 heterocycles. The molecule has 2 rings (SSSR count). The lowest BCUT2D eigenvalue weighted by atomic mass is 10.2. The number of para-hydroxylation sites is 1. The molecule has 1 N–H and O–H groups in total. The quantitative estimate of drug-likeness (QED) is 0.681. The zero-order valence-electron chi connectivity index (χ0n) is 9.41. The molecule has 17 heavy (non-hydrogen) atoms. The molecule has 4 nitrogen and oxygen atoms in total. The molecular formula is C11H14NO3S2+. The third-order valence-electron chi connectivity index (χ3n) is 2.49. The number of aromatic nitrogens is 1. The van der Waals surface area contributed by atoms with Gasteiger partial charge in [0.25, 0.3) is 10.1 Å². The van der Waals surface area contributed by atoms with Crippen molar-refractivity contribution >= 4 is 31.7 Å². The van der Waals surface area contributed by atoms with Crippen molar-refractivity contribution in [1.82, 2.24) is 0 Å². The molecular weight excluding hydrogens is 258 g/mol. The smallest absolute Gasteiger partial charge is 0.265 e. The molecule has 0 saturated carbocycles. The second-order valence-electron chi connectivity index (χ2n) is 4.20. The first-order valence-electron chi connectivity index (χ1n) is 5.26. The van der Waals surface area contributed by atoms with Crippen molar-refractivity contribution in [3.8, 4) is 0 Å². The highest BCUT2D eigenvalue weighted by molar-refractivity contribution is 7.85. The van der Waals surface area contributed by atoms with Crippen LogP contribution < -0.4 is 4.57 Å². The number of thiazole rings is 1. The van der Waals surface area contributed by atoms with Gasteiger partial charge in [0.1, 0.15) is 4.70 Å². The Kier molecular flexibility index (Phi) is 3.46. The molecule has 0 bridgehead atoms. The minimum atomic E-state index is -3.89. The first-order valence-corrected chi connectivity index (χ1v) is 7.75. The molecule has 0 aliphatic heterocycles. The molecule has 92 valence electrons. The first kappa shape index (κ1) is 12.5. The molecule has 2 aromatic rings. The summed E-state index contributed by atoms with van der Waals surface area (Å²) in [5, 5.41) is 0. The Morgan fingerprint density at radius 3 is 2.82 bits per heavy atom. The molecule has 1 unspecified atom stereocenters. The van der Waals surface area contributed by atoms with Crippen LogP contribution in [0.4, 0.5) is 0 Å². The Labute approximate surface area is 104 Å². The predicted molar refractivity (Wildman–Crippen MR) is 67.6 cm³/mol. The van der Waals surface area contributed by atoms with Gasteiger partial charge in [0, 0.05) is 12.0 Å². The molecule has 0 saturated heterocycles. The van der Waals surface area contributed by atoms with E-state index >= 15 is 0 Å². The van der Waals surface area contributed by atoms with Gasteiger partial charge in [0.05, 0.1) is 5.75 Å². The highest BCUT2D eigenvalue weighted by Crippen LogP contribution is 2.15. The summed E-state index contributed by atoms with van der Waals surface area (Å²) in [5.74, 6) is -0.322. The first-order chi connectivity index (χ1) is 7.96. The SMILES string of the molecule is CC(C[n+]1csc2ccccc21)CS(=O)(=O)O. The summed E-state index contributed by atoms with van der Waals surface area (Å²) in [7, 11) is -3.89. The zero-order valence-corrected chi connectivity index (χ0v) is 11.0. The van der Waals surface area contributed by atoms with Crippen LogP contribution in [0, 0.1) is 5.92 Å². The van der Waals surface area contributed by atoms with Crippen molar-refractivity contribution in [3.05, 3.63) is 29.8 Å². The number of hydrogen-bond acceptors (Lipinski definition) is 3. The number of hydrogen-bond donors (Lipinski definition) is 1. The molecule has 0 aliphatic rings. The molecule has 0 aliphatic carbocycles. The Morgan fingerprint density at radius 1 is 1.41 bits per heavy atom. The van der Waals surface area contributed by atoms with E-state index in [0.717, 1.165) is 5.52 Å². The molecule has 6 heteroatoms. The highest BCUT2D eigenvalue weighted by Gasteiger charge is 2.19. The fourth-order valence-corrected chi connectivity index (χ4v) is 3.59. The Bertz CT molecular complexity index is 618. The number of rotatable bonds is 4. The average Bonchev–Trinajstić information content (AvgIpc) is 2.59. The largest absolute Gasteiger partial charge is 0.286 e. The van der Waals surface area contributed by atoms with E-state index in [9.17, 15) is 8.42 Å². The normalized spacial score (nSPS) is 14.0. The number of nitrogens with zero attached hydrogens (tertiary/aromatic N) is 1. The van der Waals surface area contributed by atoms with Gasteiger partial charge >= 0.3 is 0 Å². The van der Waals surface area contributed by atoms with Crippen LogP contribution in [0.25, 0.3) is 10.2 Å². The van der Waals surface area contributed by atoms with Crippen LogP contribution in [0.3, 0.4) is 0 Å². The summed E-state index contributed by atoms with van der Waals surface area (Å²) in [5.41, 5.74) is 3.07. The lowest BCUT2D eigenvalue weighted by molar-refractivity contribution is -0.672. The van der Waals surface area contributed by atoms with Crippen LogP contribution in [0.5, 0.6) is 0 Å². The van der Waals surface area contributed by atoms with Crippen molar-refractivity contribution in [2.45, 2.75) is 13.5 Å². The van der Waals surface area contributed by atoms with E-state index in [1.807, 2.05) is 41.3 Å². The second-order valence-corrected chi connectivity index (χ2v) is 6.58. The maximum absolute atomic E-state index is 10.8. The Morgan fingerprint density at radius 2 is 2.12 bits per heavy atom. The zero-order chi connectivity index (χ0) is 12.5. The van der Waals surface area contributed by atoms with Gasteiger partial charge in [-0.3, -0.25) is 4.55 Å². The predicted octanol–water partition coefficient (Wildman–Crippen LogP) is 1.71. The summed E-state index contributed by atoms with van der Waals surface area (Å²) in [6.07, 6.45) is 0. The molecule has 0 amide bonds. The topological polar surface area (TPSA) is 58.2 Å². The number of fused-ring (bicyclic) bond motifs is 1. The van der Waals surface area contributed by atoms with Crippen molar-refractivity contribution < 1.29 is 17.5 Å². The molecule has 1 aromatic heterocycles. The summed E-state index contributed by atoms with van der Waals surface area (Å²) in [4.78, 5) is 0.